The van der Waals surface area contributed by atoms with Gasteiger partial charge in [-0.3, -0.25) is 14.5 Å². The highest BCUT2D eigenvalue weighted by molar-refractivity contribution is 7.21. The molecule has 0 spiro atoms. The lowest BCUT2D eigenvalue weighted by atomic mass is 10.0. The lowest BCUT2D eigenvalue weighted by molar-refractivity contribution is -0.127. The van der Waals surface area contributed by atoms with E-state index in [0.717, 1.165) is 18.2 Å². The molecule has 0 bridgehead atoms. The summed E-state index contributed by atoms with van der Waals surface area (Å²) >= 11 is 1.18. The first kappa shape index (κ1) is 19.3. The number of anilines is 2. The number of carbonyl (C=O) groups excluding carboxylic acids is 3. The molecule has 4 amide bonds. The Hall–Kier alpha value is -2.98. The fraction of sp³-hybridized carbons (Fsp3) is 0.368. The van der Waals surface area contributed by atoms with Gasteiger partial charge in [0, 0.05) is 31.9 Å². The first-order valence-corrected chi connectivity index (χ1v) is 10.2. The molecule has 4 N–H and O–H groups in total. The molecule has 10 heteroatoms. The molecule has 0 saturated carbocycles. The van der Waals surface area contributed by atoms with Gasteiger partial charge in [0.1, 0.15) is 9.71 Å². The summed E-state index contributed by atoms with van der Waals surface area (Å²) in [4.78, 5) is 46.2. The fourth-order valence-corrected chi connectivity index (χ4v) is 4.90. The van der Waals surface area contributed by atoms with Crippen LogP contribution in [-0.4, -0.2) is 60.5 Å². The zero-order valence-corrected chi connectivity index (χ0v) is 16.8. The van der Waals surface area contributed by atoms with Gasteiger partial charge in [-0.05, 0) is 26.0 Å². The Morgan fingerprint density at radius 1 is 1.48 bits per heavy atom. The first-order valence-electron chi connectivity index (χ1n) is 9.42. The average molecular weight is 414 g/mol. The number of thiophene rings is 1. The van der Waals surface area contributed by atoms with E-state index in [2.05, 4.69) is 15.6 Å². The molecule has 29 heavy (non-hydrogen) atoms. The maximum atomic E-state index is 13.0. The summed E-state index contributed by atoms with van der Waals surface area (Å²) in [5.41, 5.74) is 6.74. The number of nitrogens with zero attached hydrogens (tertiary/aromatic N) is 3. The molecule has 2 aromatic rings. The number of rotatable bonds is 5. The van der Waals surface area contributed by atoms with Crippen molar-refractivity contribution < 1.29 is 14.4 Å². The topological polar surface area (TPSA) is 121 Å². The number of pyridine rings is 1. The van der Waals surface area contributed by atoms with Crippen LogP contribution in [0.3, 0.4) is 0 Å². The molecule has 4 heterocycles. The van der Waals surface area contributed by atoms with Crippen molar-refractivity contribution in [3.63, 3.8) is 0 Å². The molecule has 0 aliphatic carbocycles. The minimum Gasteiger partial charge on any atom is -0.365 e. The molecule has 9 nitrogen and oxygen atoms in total. The van der Waals surface area contributed by atoms with Gasteiger partial charge < -0.3 is 21.3 Å². The second-order valence-electron chi connectivity index (χ2n) is 7.02. The van der Waals surface area contributed by atoms with Crippen LogP contribution in [0.15, 0.2) is 24.4 Å². The standard InChI is InChI=1S/C19H22N6O3S/c1-21-7-2-5-13(26)24-9-3-4-11(10-24)25-15-14-12(23-19(25)28)6-8-22-18(14)29-16(15)17(20)27/h2,5-6,8,11,21H,3-4,7,9-10H2,1H3,(H2,20,27)(H,23,28). The van der Waals surface area contributed by atoms with Gasteiger partial charge >= 0.3 is 6.03 Å². The maximum Gasteiger partial charge on any atom is 0.326 e. The highest BCUT2D eigenvalue weighted by Gasteiger charge is 2.38. The average Bonchev–Trinajstić information content (AvgIpc) is 3.09. The number of piperidine rings is 1. The molecule has 0 radical (unpaired) electrons. The normalized spacial score (nSPS) is 19.1. The van der Waals surface area contributed by atoms with Gasteiger partial charge in [-0.15, -0.1) is 11.3 Å². The van der Waals surface area contributed by atoms with Gasteiger partial charge in [0.25, 0.3) is 5.91 Å². The van der Waals surface area contributed by atoms with E-state index in [1.165, 1.54) is 11.3 Å². The van der Waals surface area contributed by atoms with Crippen molar-refractivity contribution in [3.8, 4) is 0 Å². The molecule has 1 unspecified atom stereocenters. The Morgan fingerprint density at radius 2 is 2.31 bits per heavy atom. The number of nitrogens with two attached hydrogens (primary N) is 1. The highest BCUT2D eigenvalue weighted by atomic mass is 32.1. The molecular weight excluding hydrogens is 392 g/mol. The van der Waals surface area contributed by atoms with E-state index in [0.29, 0.717) is 40.7 Å². The Labute approximate surface area is 171 Å². The van der Waals surface area contributed by atoms with Gasteiger partial charge in [0.05, 0.1) is 22.8 Å². The second-order valence-corrected chi connectivity index (χ2v) is 8.02. The summed E-state index contributed by atoms with van der Waals surface area (Å²) in [5, 5.41) is 6.57. The molecule has 2 aliphatic rings. The third-order valence-corrected chi connectivity index (χ3v) is 6.25. The zero-order valence-electron chi connectivity index (χ0n) is 16.0. The summed E-state index contributed by atoms with van der Waals surface area (Å²) < 4.78 is 0. The molecule has 152 valence electrons. The third-order valence-electron chi connectivity index (χ3n) is 5.15. The predicted molar refractivity (Wildman–Crippen MR) is 112 cm³/mol. The van der Waals surface area contributed by atoms with Crippen molar-refractivity contribution in [2.24, 2.45) is 5.73 Å². The summed E-state index contributed by atoms with van der Waals surface area (Å²) in [7, 11) is 1.81. The van der Waals surface area contributed by atoms with Gasteiger partial charge in [-0.1, -0.05) is 6.08 Å². The van der Waals surface area contributed by atoms with Crippen LogP contribution in [0.25, 0.3) is 10.2 Å². The molecule has 2 aromatic heterocycles. The van der Waals surface area contributed by atoms with Crippen molar-refractivity contribution in [1.29, 1.82) is 0 Å². The summed E-state index contributed by atoms with van der Waals surface area (Å²) in [6.07, 6.45) is 6.40. The van der Waals surface area contributed by atoms with Gasteiger partial charge in [-0.25, -0.2) is 9.78 Å². The van der Waals surface area contributed by atoms with E-state index in [1.807, 2.05) is 7.05 Å². The summed E-state index contributed by atoms with van der Waals surface area (Å²) in [6, 6.07) is 1.13. The Morgan fingerprint density at radius 3 is 3.07 bits per heavy atom. The zero-order chi connectivity index (χ0) is 20.5. The van der Waals surface area contributed by atoms with Crippen molar-refractivity contribution in [2.45, 2.75) is 18.9 Å². The fourth-order valence-electron chi connectivity index (χ4n) is 3.88. The molecule has 2 aliphatic heterocycles. The minimum absolute atomic E-state index is 0.0879. The Balaban J connectivity index is 1.69. The number of urea groups is 1. The SMILES string of the molecule is CNCC=CC(=O)N1CCCC(N2C(=O)Nc3ccnc4sc(C(N)=O)c2c34)C1. The van der Waals surface area contributed by atoms with Crippen molar-refractivity contribution >= 4 is 50.8 Å². The summed E-state index contributed by atoms with van der Waals surface area (Å²) in [5.74, 6) is -0.678. The number of likely N-dealkylation sites (tertiary alicyclic amines) is 1. The number of amides is 4. The summed E-state index contributed by atoms with van der Waals surface area (Å²) in [6.45, 7) is 1.63. The van der Waals surface area contributed by atoms with Gasteiger partial charge in [0.2, 0.25) is 5.91 Å². The van der Waals surface area contributed by atoms with Crippen LogP contribution in [0.5, 0.6) is 0 Å². The number of primary amides is 1. The quantitative estimate of drug-likeness (QED) is 0.641. The Kier molecular flexibility index (Phi) is 5.20. The highest BCUT2D eigenvalue weighted by Crippen LogP contribution is 2.45. The number of aromatic nitrogens is 1. The van der Waals surface area contributed by atoms with Crippen molar-refractivity contribution in [3.05, 3.63) is 29.3 Å². The third kappa shape index (κ3) is 3.45. The molecule has 1 atom stereocenters. The monoisotopic (exact) mass is 414 g/mol. The van der Waals surface area contributed by atoms with E-state index in [-0.39, 0.29) is 18.0 Å². The lowest BCUT2D eigenvalue weighted by Crippen LogP contribution is -2.54. The van der Waals surface area contributed by atoms with Gasteiger partial charge in [-0.2, -0.15) is 0 Å². The van der Waals surface area contributed by atoms with Crippen LogP contribution in [0.1, 0.15) is 22.5 Å². The van der Waals surface area contributed by atoms with Crippen LogP contribution in [-0.2, 0) is 4.79 Å². The first-order chi connectivity index (χ1) is 14.0. The van der Waals surface area contributed by atoms with Crippen molar-refractivity contribution in [2.75, 3.05) is 36.9 Å². The number of hydrogen-bond donors (Lipinski definition) is 3. The second kappa shape index (κ2) is 7.80. The van der Waals surface area contributed by atoms with E-state index in [9.17, 15) is 14.4 Å². The lowest BCUT2D eigenvalue weighted by Gasteiger charge is -2.40. The Bertz CT molecular complexity index is 1020. The molecule has 4 rings (SSSR count). The molecule has 0 aromatic carbocycles. The number of hydrogen-bond acceptors (Lipinski definition) is 6. The maximum absolute atomic E-state index is 13.0. The van der Waals surface area contributed by atoms with E-state index in [4.69, 9.17) is 5.73 Å². The molecule has 1 fully saturated rings. The predicted octanol–water partition coefficient (Wildman–Crippen LogP) is 1.51. The van der Waals surface area contributed by atoms with E-state index in [1.54, 1.807) is 34.2 Å². The van der Waals surface area contributed by atoms with Gasteiger partial charge in [0.15, 0.2) is 0 Å². The molecule has 1 saturated heterocycles. The van der Waals surface area contributed by atoms with Crippen molar-refractivity contribution in [1.82, 2.24) is 15.2 Å². The van der Waals surface area contributed by atoms with E-state index >= 15 is 0 Å². The van der Waals surface area contributed by atoms with Crippen LogP contribution >= 0.6 is 11.3 Å². The smallest absolute Gasteiger partial charge is 0.326 e. The van der Waals surface area contributed by atoms with Crippen LogP contribution in [0.4, 0.5) is 16.2 Å². The minimum atomic E-state index is -0.590. The molecular formula is C19H22N6O3S. The number of likely N-dealkylation sites (N-methyl/N-ethyl adjacent to an activating group) is 1. The van der Waals surface area contributed by atoms with Crippen LogP contribution in [0.2, 0.25) is 0 Å². The number of nitrogens with one attached hydrogen (secondary N) is 2. The largest absolute Gasteiger partial charge is 0.365 e. The van der Waals surface area contributed by atoms with Crippen LogP contribution in [0, 0.1) is 0 Å². The number of carbonyl (C=O) groups is 3. The van der Waals surface area contributed by atoms with E-state index < -0.39 is 5.91 Å². The van der Waals surface area contributed by atoms with Crippen LogP contribution < -0.4 is 21.3 Å².